The van der Waals surface area contributed by atoms with Crippen LogP contribution in [0.3, 0.4) is 0 Å². The zero-order chi connectivity index (χ0) is 24.8. The Labute approximate surface area is 202 Å². The largest absolute Gasteiger partial charge is 0.400 e. The average molecular weight is 469 g/mol. The van der Waals surface area contributed by atoms with Crippen molar-refractivity contribution in [1.82, 2.24) is 10.2 Å². The molecule has 0 radical (unpaired) electrons. The third-order valence-electron chi connectivity index (χ3n) is 6.20. The number of nitrogens with zero attached hydrogens (tertiary/aromatic N) is 1. The number of nitrogens with one attached hydrogen (secondary N) is 2. The molecule has 1 aromatic rings. The Kier molecular flexibility index (Phi) is 12.1. The molecule has 7 nitrogen and oxygen atoms in total. The number of carbonyl (C=O) groups excluding carboxylic acids is 2. The van der Waals surface area contributed by atoms with E-state index in [1.807, 2.05) is 12.1 Å². The molecule has 1 saturated heterocycles. The molecule has 2 aliphatic rings. The minimum atomic E-state index is 0.0526. The summed E-state index contributed by atoms with van der Waals surface area (Å²) in [6.45, 7) is 4.99. The summed E-state index contributed by atoms with van der Waals surface area (Å²) in [5.74, 6) is 0.662. The summed E-state index contributed by atoms with van der Waals surface area (Å²) in [5.41, 5.74) is 3.25. The van der Waals surface area contributed by atoms with Crippen LogP contribution >= 0.6 is 0 Å². The van der Waals surface area contributed by atoms with Crippen LogP contribution in [0.5, 0.6) is 0 Å². The molecule has 1 aromatic carbocycles. The van der Waals surface area contributed by atoms with Gasteiger partial charge >= 0.3 is 0 Å². The van der Waals surface area contributed by atoms with Crippen molar-refractivity contribution in [2.75, 3.05) is 26.7 Å². The molecule has 0 unspecified atom stereocenters. The van der Waals surface area contributed by atoms with Gasteiger partial charge in [0, 0.05) is 53.4 Å². The van der Waals surface area contributed by atoms with E-state index in [4.69, 9.17) is 5.11 Å². The van der Waals surface area contributed by atoms with Crippen molar-refractivity contribution in [2.45, 2.75) is 51.9 Å². The van der Waals surface area contributed by atoms with Crippen LogP contribution in [0, 0.1) is 10.8 Å². The van der Waals surface area contributed by atoms with Crippen molar-refractivity contribution in [3.05, 3.63) is 70.3 Å². The van der Waals surface area contributed by atoms with Gasteiger partial charge in [0.25, 0.3) is 5.69 Å². The normalized spacial score (nSPS) is 16.4. The van der Waals surface area contributed by atoms with Gasteiger partial charge in [-0.05, 0) is 69.3 Å². The lowest BCUT2D eigenvalue weighted by Crippen LogP contribution is -2.55. The Morgan fingerprint density at radius 2 is 1.94 bits per heavy atom. The SMILES string of the molecule is CCC(=O)NC1=CCC=CC(C2CCN(CCCCC(=O)c3cccc([NH+]=O)c3)CC2)=C1.CO. The highest BCUT2D eigenvalue weighted by Crippen LogP contribution is 2.28. The average Bonchev–Trinajstić information content (AvgIpc) is 3.13. The highest BCUT2D eigenvalue weighted by molar-refractivity contribution is 5.96. The molecule has 1 fully saturated rings. The predicted molar refractivity (Wildman–Crippen MR) is 134 cm³/mol. The van der Waals surface area contributed by atoms with Gasteiger partial charge in [0.1, 0.15) is 0 Å². The molecule has 1 aliphatic carbocycles. The van der Waals surface area contributed by atoms with E-state index in [1.54, 1.807) is 24.3 Å². The van der Waals surface area contributed by atoms with Gasteiger partial charge < -0.3 is 15.3 Å². The summed E-state index contributed by atoms with van der Waals surface area (Å²) in [6, 6.07) is 6.77. The first-order valence-electron chi connectivity index (χ1n) is 12.2. The first kappa shape index (κ1) is 27.3. The topological polar surface area (TPSA) is 101 Å². The van der Waals surface area contributed by atoms with E-state index in [-0.39, 0.29) is 11.7 Å². The van der Waals surface area contributed by atoms with Crippen LogP contribution in [-0.2, 0) is 4.79 Å². The summed E-state index contributed by atoms with van der Waals surface area (Å²) >= 11 is 0. The second-order valence-corrected chi connectivity index (χ2v) is 8.52. The van der Waals surface area contributed by atoms with E-state index >= 15 is 0 Å². The summed E-state index contributed by atoms with van der Waals surface area (Å²) in [4.78, 5) is 37.3. The van der Waals surface area contributed by atoms with Crippen molar-refractivity contribution in [3.8, 4) is 0 Å². The smallest absolute Gasteiger partial charge is 0.254 e. The molecule has 0 atom stereocenters. The fraction of sp³-hybridized carbons (Fsp3) is 0.481. The van der Waals surface area contributed by atoms with Crippen LogP contribution < -0.4 is 10.5 Å². The molecule has 34 heavy (non-hydrogen) atoms. The van der Waals surface area contributed by atoms with E-state index in [9.17, 15) is 14.5 Å². The third-order valence-corrected chi connectivity index (χ3v) is 6.20. The molecule has 0 spiro atoms. The molecular weight excluding hydrogens is 430 g/mol. The highest BCUT2D eigenvalue weighted by Gasteiger charge is 2.22. The van der Waals surface area contributed by atoms with Gasteiger partial charge in [-0.15, -0.1) is 0 Å². The summed E-state index contributed by atoms with van der Waals surface area (Å²) < 4.78 is 0. The number of allylic oxidation sites excluding steroid dienone is 5. The maximum absolute atomic E-state index is 12.3. The zero-order valence-electron chi connectivity index (χ0n) is 20.4. The molecule has 184 valence electrons. The minimum absolute atomic E-state index is 0.0526. The monoisotopic (exact) mass is 468 g/mol. The number of piperidine rings is 1. The van der Waals surface area contributed by atoms with Crippen LogP contribution in [0.2, 0.25) is 0 Å². The van der Waals surface area contributed by atoms with Gasteiger partial charge in [-0.3, -0.25) is 9.59 Å². The molecule has 7 heteroatoms. The van der Waals surface area contributed by atoms with Crippen LogP contribution in [-0.4, -0.2) is 48.4 Å². The lowest BCUT2D eigenvalue weighted by Gasteiger charge is -2.32. The summed E-state index contributed by atoms with van der Waals surface area (Å²) in [6.07, 6.45) is 14.5. The lowest BCUT2D eigenvalue weighted by molar-refractivity contribution is -0.379. The molecular formula is C27H38N3O4+. The molecule has 3 rings (SSSR count). The number of Topliss-reactive ketones (excluding diaryl/α,β-unsaturated/α-hetero) is 1. The third kappa shape index (κ3) is 8.80. The van der Waals surface area contributed by atoms with Crippen molar-refractivity contribution in [3.63, 3.8) is 0 Å². The molecule has 1 aliphatic heterocycles. The Morgan fingerprint density at radius 3 is 2.65 bits per heavy atom. The first-order valence-corrected chi connectivity index (χ1v) is 12.2. The van der Waals surface area contributed by atoms with Crippen molar-refractivity contribution in [1.29, 1.82) is 0 Å². The van der Waals surface area contributed by atoms with E-state index < -0.39 is 0 Å². The number of aliphatic hydroxyl groups is 1. The Morgan fingerprint density at radius 1 is 1.18 bits per heavy atom. The number of nitroso groups, excluding NO2 is 1. The highest BCUT2D eigenvalue weighted by atomic mass is 16.3. The number of likely N-dealkylation sites (tertiary alicyclic amines) is 1. The first-order chi connectivity index (χ1) is 16.6. The lowest BCUT2D eigenvalue weighted by atomic mass is 9.88. The Balaban J connectivity index is 0.00000199. The van der Waals surface area contributed by atoms with Crippen LogP contribution in [0.1, 0.15) is 62.2 Å². The molecule has 0 aromatic heterocycles. The van der Waals surface area contributed by atoms with E-state index in [2.05, 4.69) is 34.5 Å². The number of aliphatic hydroxyl groups excluding tert-OH is 1. The van der Waals surface area contributed by atoms with Gasteiger partial charge in [0.2, 0.25) is 5.91 Å². The quantitative estimate of drug-likeness (QED) is 0.362. The van der Waals surface area contributed by atoms with Crippen LogP contribution in [0.15, 0.2) is 59.8 Å². The number of benzene rings is 1. The van der Waals surface area contributed by atoms with Crippen LogP contribution in [0.25, 0.3) is 0 Å². The summed E-state index contributed by atoms with van der Waals surface area (Å²) in [5, 5.41) is 11.8. The van der Waals surface area contributed by atoms with Gasteiger partial charge in [-0.25, -0.2) is 0 Å². The maximum Gasteiger partial charge on any atom is 0.254 e. The number of hydrogen-bond donors (Lipinski definition) is 3. The fourth-order valence-electron chi connectivity index (χ4n) is 4.29. The standard InChI is InChI=1S/C26H33N3O3.CH4O/c1-2-26(31)27-23-10-4-3-8-21(18-23)20-13-16-29(17-14-20)15-6-5-12-25(30)22-9-7-11-24(19-22)28-32;1-2/h3,7-11,18-20H,2,4-6,12-17H2,1H3,(H,27,31);2H,1H3/p+1. The second-order valence-electron chi connectivity index (χ2n) is 8.52. The number of unbranched alkanes of at least 4 members (excludes halogenated alkanes) is 1. The minimum Gasteiger partial charge on any atom is -0.400 e. The fourth-order valence-corrected chi connectivity index (χ4v) is 4.29. The van der Waals surface area contributed by atoms with Crippen molar-refractivity contribution >= 4 is 17.4 Å². The predicted octanol–water partition coefficient (Wildman–Crippen LogP) is 3.14. The number of rotatable bonds is 10. The maximum atomic E-state index is 12.3. The van der Waals surface area contributed by atoms with Gasteiger partial charge in [0.15, 0.2) is 5.78 Å². The Bertz CT molecular complexity index is 912. The van der Waals surface area contributed by atoms with E-state index in [1.165, 1.54) is 5.57 Å². The number of carbonyl (C=O) groups is 2. The molecule has 0 saturated carbocycles. The number of amides is 1. The molecule has 1 amide bonds. The number of ketones is 1. The molecule has 0 bridgehead atoms. The van der Waals surface area contributed by atoms with Gasteiger partial charge in [-0.1, -0.05) is 37.3 Å². The van der Waals surface area contributed by atoms with E-state index in [0.29, 0.717) is 30.0 Å². The number of hydrogen-bond acceptors (Lipinski definition) is 5. The second kappa shape index (κ2) is 15.1. The zero-order valence-corrected chi connectivity index (χ0v) is 20.4. The molecule has 3 N–H and O–H groups in total. The molecule has 1 heterocycles. The van der Waals surface area contributed by atoms with Crippen molar-refractivity contribution < 1.29 is 19.9 Å². The van der Waals surface area contributed by atoms with Crippen molar-refractivity contribution in [2.24, 2.45) is 5.92 Å². The van der Waals surface area contributed by atoms with Crippen LogP contribution in [0.4, 0.5) is 5.69 Å². The summed E-state index contributed by atoms with van der Waals surface area (Å²) in [7, 11) is 1.00. The van der Waals surface area contributed by atoms with Gasteiger partial charge in [-0.2, -0.15) is 0 Å². The Hall–Kier alpha value is -2.90. The van der Waals surface area contributed by atoms with Gasteiger partial charge in [0.05, 0.1) is 0 Å². The van der Waals surface area contributed by atoms with E-state index in [0.717, 1.165) is 64.5 Å².